The minimum atomic E-state index is -0.122. The van der Waals surface area contributed by atoms with Crippen LogP contribution in [0.15, 0.2) is 48.5 Å². The number of carbonyl (C=O) groups is 2. The maximum Gasteiger partial charge on any atom is 0.228 e. The normalized spacial score (nSPS) is 14.1. The molecule has 0 unspecified atom stereocenters. The number of hydrogen-bond acceptors (Lipinski definition) is 2. The minimum Gasteiger partial charge on any atom is -0.326 e. The van der Waals surface area contributed by atoms with Crippen LogP contribution in [0.2, 0.25) is 5.02 Å². The maximum atomic E-state index is 12.1. The van der Waals surface area contributed by atoms with E-state index in [0.29, 0.717) is 17.1 Å². The first-order valence-electron chi connectivity index (χ1n) is 7.57. The van der Waals surface area contributed by atoms with Gasteiger partial charge < -0.3 is 10.2 Å². The average Bonchev–Trinajstić information content (AvgIpc) is 2.96. The van der Waals surface area contributed by atoms with Crippen LogP contribution < -0.4 is 10.2 Å². The van der Waals surface area contributed by atoms with E-state index in [-0.39, 0.29) is 18.2 Å². The van der Waals surface area contributed by atoms with Gasteiger partial charge in [-0.1, -0.05) is 29.8 Å². The van der Waals surface area contributed by atoms with Gasteiger partial charge in [-0.05, 0) is 42.3 Å². The van der Waals surface area contributed by atoms with Gasteiger partial charge in [-0.3, -0.25) is 9.59 Å². The highest BCUT2D eigenvalue weighted by atomic mass is 35.5. The van der Waals surface area contributed by atoms with Gasteiger partial charge in [-0.25, -0.2) is 0 Å². The van der Waals surface area contributed by atoms with Crippen LogP contribution in [0, 0.1) is 0 Å². The van der Waals surface area contributed by atoms with Gasteiger partial charge in [0.25, 0.3) is 0 Å². The van der Waals surface area contributed by atoms with Crippen molar-refractivity contribution in [3.05, 3.63) is 59.1 Å². The third kappa shape index (κ3) is 3.71. The third-order valence-corrected chi connectivity index (χ3v) is 4.21. The quantitative estimate of drug-likeness (QED) is 0.931. The number of benzene rings is 2. The molecule has 2 amide bonds. The Hall–Kier alpha value is -2.33. The van der Waals surface area contributed by atoms with Crippen LogP contribution in [0.5, 0.6) is 0 Å². The molecule has 1 fully saturated rings. The van der Waals surface area contributed by atoms with Crippen LogP contribution in [0.3, 0.4) is 0 Å². The van der Waals surface area contributed by atoms with Crippen molar-refractivity contribution in [2.45, 2.75) is 19.3 Å². The van der Waals surface area contributed by atoms with E-state index < -0.39 is 0 Å². The fraction of sp³-hybridized carbons (Fsp3) is 0.222. The zero-order valence-corrected chi connectivity index (χ0v) is 13.3. The van der Waals surface area contributed by atoms with E-state index in [1.165, 1.54) is 0 Å². The number of nitrogens with zero attached hydrogens (tertiary/aromatic N) is 1. The Labute approximate surface area is 140 Å². The Morgan fingerprint density at radius 3 is 2.52 bits per heavy atom. The number of nitrogens with one attached hydrogen (secondary N) is 1. The molecule has 1 aliphatic rings. The molecule has 0 aromatic heterocycles. The Morgan fingerprint density at radius 1 is 1.13 bits per heavy atom. The Bertz CT molecular complexity index is 728. The molecule has 0 radical (unpaired) electrons. The molecule has 1 heterocycles. The Morgan fingerprint density at radius 2 is 1.87 bits per heavy atom. The number of anilines is 2. The summed E-state index contributed by atoms with van der Waals surface area (Å²) in [5, 5.41) is 3.43. The van der Waals surface area contributed by atoms with Crippen molar-refractivity contribution in [2.24, 2.45) is 0 Å². The maximum absolute atomic E-state index is 12.1. The van der Waals surface area contributed by atoms with Crippen molar-refractivity contribution in [1.29, 1.82) is 0 Å². The SMILES string of the molecule is O=C(Cc1ccccc1Cl)Nc1ccc(N2CCCC2=O)cc1. The molecule has 0 spiro atoms. The van der Waals surface area contributed by atoms with E-state index >= 15 is 0 Å². The summed E-state index contributed by atoms with van der Waals surface area (Å²) < 4.78 is 0. The molecule has 23 heavy (non-hydrogen) atoms. The first-order chi connectivity index (χ1) is 11.1. The second-order valence-corrected chi connectivity index (χ2v) is 5.92. The molecule has 2 aromatic rings. The van der Waals surface area contributed by atoms with Crippen molar-refractivity contribution < 1.29 is 9.59 Å². The summed E-state index contributed by atoms with van der Waals surface area (Å²) >= 11 is 6.06. The molecule has 5 heteroatoms. The Kier molecular flexibility index (Phi) is 4.63. The molecule has 0 saturated carbocycles. The summed E-state index contributed by atoms with van der Waals surface area (Å²) in [4.78, 5) is 25.6. The number of carbonyl (C=O) groups excluding carboxylic acids is 2. The summed E-state index contributed by atoms with van der Waals surface area (Å²) in [5.41, 5.74) is 2.38. The van der Waals surface area contributed by atoms with Crippen molar-refractivity contribution in [1.82, 2.24) is 0 Å². The van der Waals surface area contributed by atoms with Crippen molar-refractivity contribution >= 4 is 34.8 Å². The summed E-state index contributed by atoms with van der Waals surface area (Å²) in [6.07, 6.45) is 1.73. The molecule has 3 rings (SSSR count). The lowest BCUT2D eigenvalue weighted by atomic mass is 10.1. The molecule has 1 aliphatic heterocycles. The van der Waals surface area contributed by atoms with Crippen LogP contribution in [-0.2, 0) is 16.0 Å². The molecule has 1 saturated heterocycles. The number of rotatable bonds is 4. The van der Waals surface area contributed by atoms with E-state index in [1.807, 2.05) is 42.5 Å². The van der Waals surface area contributed by atoms with Crippen molar-refractivity contribution in [3.63, 3.8) is 0 Å². The van der Waals surface area contributed by atoms with Crippen LogP contribution in [0.1, 0.15) is 18.4 Å². The highest BCUT2D eigenvalue weighted by molar-refractivity contribution is 6.31. The van der Waals surface area contributed by atoms with Gasteiger partial charge in [0.15, 0.2) is 0 Å². The lowest BCUT2D eigenvalue weighted by molar-refractivity contribution is -0.117. The van der Waals surface area contributed by atoms with Crippen LogP contribution in [-0.4, -0.2) is 18.4 Å². The van der Waals surface area contributed by atoms with Gasteiger partial charge in [-0.2, -0.15) is 0 Å². The molecule has 118 valence electrons. The summed E-state index contributed by atoms with van der Waals surface area (Å²) in [5.74, 6) is 0.0311. The van der Waals surface area contributed by atoms with Crippen LogP contribution >= 0.6 is 11.6 Å². The van der Waals surface area contributed by atoms with Crippen LogP contribution in [0.4, 0.5) is 11.4 Å². The highest BCUT2D eigenvalue weighted by Gasteiger charge is 2.21. The van der Waals surface area contributed by atoms with Gasteiger partial charge >= 0.3 is 0 Å². The summed E-state index contributed by atoms with van der Waals surface area (Å²) in [6, 6.07) is 14.6. The second-order valence-electron chi connectivity index (χ2n) is 5.51. The van der Waals surface area contributed by atoms with Crippen molar-refractivity contribution in [2.75, 3.05) is 16.8 Å². The molecule has 0 bridgehead atoms. The molecule has 0 aliphatic carbocycles. The first-order valence-corrected chi connectivity index (χ1v) is 7.95. The van der Waals surface area contributed by atoms with Crippen molar-refractivity contribution in [3.8, 4) is 0 Å². The fourth-order valence-corrected chi connectivity index (χ4v) is 2.87. The monoisotopic (exact) mass is 328 g/mol. The molecule has 1 N–H and O–H groups in total. The lowest BCUT2D eigenvalue weighted by Gasteiger charge is -2.16. The molecule has 0 atom stereocenters. The van der Waals surface area contributed by atoms with Gasteiger partial charge in [0.2, 0.25) is 11.8 Å². The summed E-state index contributed by atoms with van der Waals surface area (Å²) in [6.45, 7) is 0.761. The van der Waals surface area contributed by atoms with E-state index in [4.69, 9.17) is 11.6 Å². The van der Waals surface area contributed by atoms with Gasteiger partial charge in [0.05, 0.1) is 6.42 Å². The van der Waals surface area contributed by atoms with E-state index in [2.05, 4.69) is 5.32 Å². The summed E-state index contributed by atoms with van der Waals surface area (Å²) in [7, 11) is 0. The highest BCUT2D eigenvalue weighted by Crippen LogP contribution is 2.23. The number of halogens is 1. The zero-order valence-electron chi connectivity index (χ0n) is 12.6. The van der Waals surface area contributed by atoms with E-state index in [9.17, 15) is 9.59 Å². The molecular formula is C18H17ClN2O2. The largest absolute Gasteiger partial charge is 0.326 e. The minimum absolute atomic E-state index is 0.122. The number of hydrogen-bond donors (Lipinski definition) is 1. The molecule has 4 nitrogen and oxygen atoms in total. The zero-order chi connectivity index (χ0) is 16.2. The lowest BCUT2D eigenvalue weighted by Crippen LogP contribution is -2.23. The molecular weight excluding hydrogens is 312 g/mol. The Balaban J connectivity index is 1.63. The van der Waals surface area contributed by atoms with E-state index in [1.54, 1.807) is 11.0 Å². The second kappa shape index (κ2) is 6.84. The molecule has 2 aromatic carbocycles. The predicted molar refractivity (Wildman–Crippen MR) is 91.8 cm³/mol. The van der Waals surface area contributed by atoms with Gasteiger partial charge in [0, 0.05) is 29.4 Å². The van der Waals surface area contributed by atoms with Gasteiger partial charge in [0.1, 0.15) is 0 Å². The standard InChI is InChI=1S/C18H17ClN2O2/c19-16-5-2-1-4-13(16)12-17(22)20-14-7-9-15(10-8-14)21-11-3-6-18(21)23/h1-2,4-5,7-10H,3,6,11-12H2,(H,20,22). The smallest absolute Gasteiger partial charge is 0.228 e. The predicted octanol–water partition coefficient (Wildman–Crippen LogP) is 3.65. The third-order valence-electron chi connectivity index (χ3n) is 3.84. The van der Waals surface area contributed by atoms with Gasteiger partial charge in [-0.15, -0.1) is 0 Å². The average molecular weight is 329 g/mol. The fourth-order valence-electron chi connectivity index (χ4n) is 2.67. The van der Waals surface area contributed by atoms with Crippen LogP contribution in [0.25, 0.3) is 0 Å². The van der Waals surface area contributed by atoms with E-state index in [0.717, 1.165) is 24.2 Å². The number of amides is 2. The first kappa shape index (κ1) is 15.6. The topological polar surface area (TPSA) is 49.4 Å².